The minimum absolute atomic E-state index is 0.0370. The Balaban J connectivity index is 1.29. The number of ether oxygens (including phenoxy) is 2. The molecule has 32 heavy (non-hydrogen) atoms. The summed E-state index contributed by atoms with van der Waals surface area (Å²) in [7, 11) is 3.39. The van der Waals surface area contributed by atoms with Crippen LogP contribution in [0.1, 0.15) is 40.2 Å². The first-order valence-electron chi connectivity index (χ1n) is 10.6. The Kier molecular flexibility index (Phi) is 5.16. The van der Waals surface area contributed by atoms with Gasteiger partial charge in [-0.25, -0.2) is 0 Å². The second-order valence-electron chi connectivity index (χ2n) is 8.28. The Morgan fingerprint density at radius 1 is 1.28 bits per heavy atom. The molecule has 166 valence electrons. The molecule has 0 saturated carbocycles. The van der Waals surface area contributed by atoms with Crippen molar-refractivity contribution in [1.82, 2.24) is 19.8 Å². The fraction of sp³-hybridized carbons (Fsp3) is 0.391. The van der Waals surface area contributed by atoms with Crippen LogP contribution in [0.3, 0.4) is 0 Å². The van der Waals surface area contributed by atoms with Crippen LogP contribution in [-0.2, 0) is 7.05 Å². The lowest BCUT2D eigenvalue weighted by molar-refractivity contribution is 0.0386. The number of nitrogens with zero attached hydrogens (tertiary/aromatic N) is 4. The van der Waals surface area contributed by atoms with Crippen LogP contribution in [0.4, 0.5) is 0 Å². The number of methoxy groups -OCH3 is 1. The van der Waals surface area contributed by atoms with Gasteiger partial charge in [0.15, 0.2) is 5.78 Å². The molecule has 2 atom stereocenters. The molecule has 9 heteroatoms. The van der Waals surface area contributed by atoms with E-state index < -0.39 is 0 Å². The zero-order valence-electron chi connectivity index (χ0n) is 18.0. The molecule has 5 rings (SSSR count). The lowest BCUT2D eigenvalue weighted by atomic mass is 9.86. The molecule has 4 heterocycles. The van der Waals surface area contributed by atoms with E-state index in [0.29, 0.717) is 42.3 Å². The van der Waals surface area contributed by atoms with Crippen molar-refractivity contribution in [3.8, 4) is 22.8 Å². The summed E-state index contributed by atoms with van der Waals surface area (Å²) in [5, 5.41) is 8.14. The topological polar surface area (TPSA) is 99.7 Å². The normalized spacial score (nSPS) is 20.6. The maximum absolute atomic E-state index is 13.1. The third kappa shape index (κ3) is 3.74. The van der Waals surface area contributed by atoms with Gasteiger partial charge < -0.3 is 18.9 Å². The summed E-state index contributed by atoms with van der Waals surface area (Å²) in [6.07, 6.45) is 5.25. The minimum Gasteiger partial charge on any atom is -0.497 e. The number of amides is 1. The quantitative estimate of drug-likeness (QED) is 0.620. The number of Topliss-reactive ketones (excluding diaryl/α,β-unsaturated/α-hetero) is 1. The molecule has 1 aromatic carbocycles. The lowest BCUT2D eigenvalue weighted by Crippen LogP contribution is -2.46. The van der Waals surface area contributed by atoms with Crippen molar-refractivity contribution >= 4 is 11.7 Å². The molecule has 1 fully saturated rings. The molecule has 0 unspecified atom stereocenters. The van der Waals surface area contributed by atoms with Crippen molar-refractivity contribution in [1.29, 1.82) is 0 Å². The molecule has 0 aliphatic carbocycles. The van der Waals surface area contributed by atoms with Crippen molar-refractivity contribution in [3.63, 3.8) is 0 Å². The van der Waals surface area contributed by atoms with Gasteiger partial charge in [0, 0.05) is 50.3 Å². The molecule has 2 aliphatic heterocycles. The summed E-state index contributed by atoms with van der Waals surface area (Å²) in [6.45, 7) is 1.14. The van der Waals surface area contributed by atoms with Crippen LogP contribution >= 0.6 is 0 Å². The van der Waals surface area contributed by atoms with E-state index in [1.165, 1.54) is 0 Å². The third-order valence-corrected chi connectivity index (χ3v) is 6.14. The van der Waals surface area contributed by atoms with Gasteiger partial charge >= 0.3 is 0 Å². The molecule has 0 radical (unpaired) electrons. The Labute approximate surface area is 184 Å². The number of hydrogen-bond donors (Lipinski definition) is 0. The van der Waals surface area contributed by atoms with Gasteiger partial charge in [0.25, 0.3) is 5.91 Å². The van der Waals surface area contributed by atoms with Gasteiger partial charge in [-0.3, -0.25) is 14.3 Å². The fourth-order valence-electron chi connectivity index (χ4n) is 4.44. The van der Waals surface area contributed by atoms with Crippen LogP contribution in [-0.4, -0.2) is 57.8 Å². The number of hydrogen-bond acceptors (Lipinski definition) is 7. The zero-order valence-corrected chi connectivity index (χ0v) is 18.0. The van der Waals surface area contributed by atoms with Gasteiger partial charge in [0.2, 0.25) is 5.76 Å². The summed E-state index contributed by atoms with van der Waals surface area (Å²) in [6, 6.07) is 6.93. The number of fused-ring (bicyclic) bond motifs is 1. The smallest absolute Gasteiger partial charge is 0.292 e. The molecule has 0 N–H and O–H groups in total. The number of carbonyl (C=O) groups excluding carboxylic acids is 2. The monoisotopic (exact) mass is 436 g/mol. The predicted octanol–water partition coefficient (Wildman–Crippen LogP) is 2.97. The van der Waals surface area contributed by atoms with E-state index >= 15 is 0 Å². The van der Waals surface area contributed by atoms with E-state index in [0.717, 1.165) is 18.4 Å². The molecular formula is C23H24N4O5. The second-order valence-corrected chi connectivity index (χ2v) is 8.28. The average molecular weight is 436 g/mol. The van der Waals surface area contributed by atoms with Crippen LogP contribution in [0.15, 0.2) is 41.2 Å². The highest BCUT2D eigenvalue weighted by atomic mass is 16.5. The molecule has 3 aromatic rings. The van der Waals surface area contributed by atoms with Gasteiger partial charge in [-0.05, 0) is 31.0 Å². The van der Waals surface area contributed by atoms with E-state index in [4.69, 9.17) is 14.0 Å². The van der Waals surface area contributed by atoms with Gasteiger partial charge in [-0.2, -0.15) is 5.10 Å². The number of ketones is 1. The van der Waals surface area contributed by atoms with E-state index in [9.17, 15) is 9.59 Å². The maximum atomic E-state index is 13.1. The van der Waals surface area contributed by atoms with Crippen LogP contribution < -0.4 is 9.47 Å². The summed E-state index contributed by atoms with van der Waals surface area (Å²) in [5.74, 6) is 1.30. The van der Waals surface area contributed by atoms with E-state index in [1.807, 2.05) is 13.2 Å². The summed E-state index contributed by atoms with van der Waals surface area (Å²) >= 11 is 0. The average Bonchev–Trinajstić information content (AvgIpc) is 3.47. The van der Waals surface area contributed by atoms with Crippen LogP contribution in [0, 0.1) is 5.92 Å². The first-order valence-corrected chi connectivity index (χ1v) is 10.6. The van der Waals surface area contributed by atoms with E-state index in [2.05, 4.69) is 10.3 Å². The van der Waals surface area contributed by atoms with Gasteiger partial charge in [0.05, 0.1) is 18.9 Å². The van der Waals surface area contributed by atoms with Gasteiger partial charge in [-0.15, -0.1) is 0 Å². The Bertz CT molecular complexity index is 1170. The summed E-state index contributed by atoms with van der Waals surface area (Å²) in [4.78, 5) is 27.6. The number of benzene rings is 1. The van der Waals surface area contributed by atoms with Crippen molar-refractivity contribution < 1.29 is 23.6 Å². The highest BCUT2D eigenvalue weighted by molar-refractivity contribution is 6.00. The lowest BCUT2D eigenvalue weighted by Gasteiger charge is -2.38. The molecule has 0 spiro atoms. The Morgan fingerprint density at radius 2 is 2.16 bits per heavy atom. The molecule has 0 bridgehead atoms. The number of carbonyl (C=O) groups is 2. The third-order valence-electron chi connectivity index (χ3n) is 6.14. The molecule has 9 nitrogen and oxygen atoms in total. The molecule has 1 saturated heterocycles. The maximum Gasteiger partial charge on any atom is 0.292 e. The highest BCUT2D eigenvalue weighted by Gasteiger charge is 2.37. The van der Waals surface area contributed by atoms with E-state index in [-0.39, 0.29) is 29.5 Å². The van der Waals surface area contributed by atoms with Gasteiger partial charge in [0.1, 0.15) is 23.3 Å². The minimum atomic E-state index is -0.264. The fourth-order valence-corrected chi connectivity index (χ4v) is 4.44. The Hall–Kier alpha value is -3.62. The largest absolute Gasteiger partial charge is 0.497 e. The van der Waals surface area contributed by atoms with Crippen LogP contribution in [0.2, 0.25) is 0 Å². The number of piperidine rings is 1. The molecule has 2 aromatic heterocycles. The van der Waals surface area contributed by atoms with Crippen molar-refractivity contribution in [2.45, 2.75) is 25.4 Å². The standard InChI is InChI=1S/C23H24N4O5/c1-26-12-15(11-24-26)18-9-22(32-25-18)23(29)27-7-3-4-14(13-27)21-10-19(28)17-8-16(30-2)5-6-20(17)31-21/h5-6,8-9,11-12,14,21H,3-4,7,10,13H2,1-2H3/t14-,21-/m0/s1. The van der Waals surface area contributed by atoms with Crippen LogP contribution in [0.5, 0.6) is 11.5 Å². The van der Waals surface area contributed by atoms with Crippen LogP contribution in [0.25, 0.3) is 11.3 Å². The first kappa shape index (κ1) is 20.3. The van der Waals surface area contributed by atoms with Crippen molar-refractivity contribution in [2.75, 3.05) is 20.2 Å². The number of aryl methyl sites for hydroxylation is 1. The number of likely N-dealkylation sites (tertiary alicyclic amines) is 1. The predicted molar refractivity (Wildman–Crippen MR) is 114 cm³/mol. The molecule has 1 amide bonds. The summed E-state index contributed by atoms with van der Waals surface area (Å²) in [5.41, 5.74) is 1.91. The SMILES string of the molecule is COc1ccc2c(c1)C(=O)C[C@@H]([C@H]1CCCN(C(=O)c3cc(-c4cnn(C)c4)no3)C1)O2. The zero-order chi connectivity index (χ0) is 22.2. The van der Waals surface area contributed by atoms with Crippen molar-refractivity contribution in [3.05, 3.63) is 48.0 Å². The van der Waals surface area contributed by atoms with Crippen molar-refractivity contribution in [2.24, 2.45) is 13.0 Å². The second kappa shape index (κ2) is 8.14. The number of aromatic nitrogens is 3. The summed E-state index contributed by atoms with van der Waals surface area (Å²) < 4.78 is 18.4. The first-order chi connectivity index (χ1) is 15.5. The molecule has 2 aliphatic rings. The molecular weight excluding hydrogens is 412 g/mol. The highest BCUT2D eigenvalue weighted by Crippen LogP contribution is 2.35. The van der Waals surface area contributed by atoms with Gasteiger partial charge in [-0.1, -0.05) is 5.16 Å². The number of rotatable bonds is 4. The Morgan fingerprint density at radius 3 is 2.94 bits per heavy atom. The van der Waals surface area contributed by atoms with E-state index in [1.54, 1.807) is 47.2 Å².